The maximum atomic E-state index is 14.0. The zero-order valence-corrected chi connectivity index (χ0v) is 25.7. The van der Waals surface area contributed by atoms with Gasteiger partial charge in [0.05, 0.1) is 23.8 Å². The molecule has 13 heteroatoms. The zero-order chi connectivity index (χ0) is 30.8. The minimum atomic E-state index is -1.22. The number of ketones is 1. The molecule has 2 saturated heterocycles. The van der Waals surface area contributed by atoms with Crippen LogP contribution in [0.2, 0.25) is 10.0 Å². The highest BCUT2D eigenvalue weighted by Gasteiger charge is 2.50. The first-order valence-electron chi connectivity index (χ1n) is 14.8. The highest BCUT2D eigenvalue weighted by atomic mass is 35.5. The van der Waals surface area contributed by atoms with Crippen LogP contribution in [0.3, 0.4) is 0 Å². The van der Waals surface area contributed by atoms with Crippen molar-refractivity contribution in [2.24, 2.45) is 17.8 Å². The number of ether oxygens (including phenoxy) is 1. The summed E-state index contributed by atoms with van der Waals surface area (Å²) in [5, 5.41) is 9.54. The smallest absolute Gasteiger partial charge is 0.289 e. The zero-order valence-electron chi connectivity index (χ0n) is 24.2. The number of nitrogens with zero attached hydrogens (tertiary/aromatic N) is 1. The first-order valence-corrected chi connectivity index (χ1v) is 15.6. The summed E-state index contributed by atoms with van der Waals surface area (Å²) in [6.07, 6.45) is 3.04. The third kappa shape index (κ3) is 6.84. The number of aromatic amines is 1. The van der Waals surface area contributed by atoms with Crippen LogP contribution >= 0.6 is 23.2 Å². The number of hydrogen-bond donors (Lipinski definition) is 4. The number of nitrogens with one attached hydrogen (secondary N) is 4. The molecule has 3 aliphatic rings. The Morgan fingerprint density at radius 1 is 1.12 bits per heavy atom. The summed E-state index contributed by atoms with van der Waals surface area (Å²) in [4.78, 5) is 71.0. The van der Waals surface area contributed by atoms with Crippen molar-refractivity contribution in [3.63, 3.8) is 0 Å². The lowest BCUT2D eigenvalue weighted by Crippen LogP contribution is -2.55. The van der Waals surface area contributed by atoms with Crippen molar-refractivity contribution in [2.45, 2.75) is 64.1 Å². The number of rotatable bonds is 11. The molecule has 2 aliphatic heterocycles. The van der Waals surface area contributed by atoms with Crippen molar-refractivity contribution in [1.82, 2.24) is 25.8 Å². The Morgan fingerprint density at radius 3 is 2.63 bits per heavy atom. The Balaban J connectivity index is 1.36. The Bertz CT molecular complexity index is 1430. The van der Waals surface area contributed by atoms with Crippen LogP contribution < -0.4 is 16.0 Å². The van der Waals surface area contributed by atoms with Crippen molar-refractivity contribution in [2.75, 3.05) is 26.2 Å². The van der Waals surface area contributed by atoms with E-state index < -0.39 is 35.6 Å². The molecule has 1 saturated carbocycles. The van der Waals surface area contributed by atoms with Crippen LogP contribution in [0, 0.1) is 17.8 Å². The van der Waals surface area contributed by atoms with E-state index in [1.165, 1.54) is 0 Å². The number of carbonyl (C=O) groups is 5. The van der Waals surface area contributed by atoms with Gasteiger partial charge in [-0.15, -0.1) is 0 Å². The lowest BCUT2D eigenvalue weighted by Gasteiger charge is -2.29. The number of hydrogen-bond acceptors (Lipinski definition) is 6. The van der Waals surface area contributed by atoms with Gasteiger partial charge in [-0.3, -0.25) is 24.0 Å². The highest BCUT2D eigenvalue weighted by molar-refractivity contribution is 6.39. The number of halogens is 2. The van der Waals surface area contributed by atoms with Gasteiger partial charge in [-0.2, -0.15) is 0 Å². The van der Waals surface area contributed by atoms with Gasteiger partial charge in [0, 0.05) is 41.5 Å². The van der Waals surface area contributed by atoms with Crippen LogP contribution in [0.5, 0.6) is 0 Å². The van der Waals surface area contributed by atoms with Gasteiger partial charge < -0.3 is 30.6 Å². The molecular formula is C30H37Cl2N5O6. The molecule has 1 aromatic carbocycles. The van der Waals surface area contributed by atoms with Gasteiger partial charge in [0.2, 0.25) is 17.6 Å². The lowest BCUT2D eigenvalue weighted by molar-refractivity contribution is -0.141. The van der Waals surface area contributed by atoms with Gasteiger partial charge in [-0.05, 0) is 69.6 Å². The summed E-state index contributed by atoms with van der Waals surface area (Å²) in [5.41, 5.74) is 0.877. The predicted octanol–water partition coefficient (Wildman–Crippen LogP) is 2.84. The monoisotopic (exact) mass is 633 g/mol. The molecule has 0 radical (unpaired) electrons. The molecule has 4 amide bonds. The lowest BCUT2D eigenvalue weighted by atomic mass is 9.91. The minimum Gasteiger partial charge on any atom is -0.377 e. The number of aromatic nitrogens is 1. The highest BCUT2D eigenvalue weighted by Crippen LogP contribution is 2.43. The van der Waals surface area contributed by atoms with Crippen molar-refractivity contribution >= 4 is 63.5 Å². The molecule has 4 N–H and O–H groups in total. The summed E-state index contributed by atoms with van der Waals surface area (Å²) in [6, 6.07) is 2.87. The normalized spacial score (nSPS) is 23.8. The van der Waals surface area contributed by atoms with Gasteiger partial charge in [-0.1, -0.05) is 29.6 Å². The van der Waals surface area contributed by atoms with Crippen molar-refractivity contribution in [1.29, 1.82) is 0 Å². The van der Waals surface area contributed by atoms with Crippen LogP contribution in [-0.4, -0.2) is 83.7 Å². The quantitative estimate of drug-likeness (QED) is 0.221. The van der Waals surface area contributed by atoms with Gasteiger partial charge in [-0.25, -0.2) is 0 Å². The second-order valence-corrected chi connectivity index (χ2v) is 12.7. The van der Waals surface area contributed by atoms with E-state index in [2.05, 4.69) is 20.9 Å². The molecule has 3 heterocycles. The first-order chi connectivity index (χ1) is 20.5. The van der Waals surface area contributed by atoms with E-state index in [4.69, 9.17) is 27.9 Å². The van der Waals surface area contributed by atoms with Crippen molar-refractivity contribution in [3.8, 4) is 0 Å². The topological polar surface area (TPSA) is 150 Å². The fourth-order valence-corrected chi connectivity index (χ4v) is 7.18. The van der Waals surface area contributed by atoms with Crippen LogP contribution in [0.25, 0.3) is 10.9 Å². The molecule has 3 fully saturated rings. The Kier molecular flexibility index (Phi) is 9.63. The van der Waals surface area contributed by atoms with Crippen LogP contribution in [0.15, 0.2) is 18.2 Å². The second kappa shape index (κ2) is 13.2. The average molecular weight is 635 g/mol. The number of fused-ring (bicyclic) bond motifs is 2. The minimum absolute atomic E-state index is 0.0115. The molecule has 1 aliphatic carbocycles. The van der Waals surface area contributed by atoms with Crippen LogP contribution in [-0.2, 0) is 23.9 Å². The molecule has 0 bridgehead atoms. The molecule has 0 unspecified atom stereocenters. The molecule has 1 aromatic heterocycles. The van der Waals surface area contributed by atoms with E-state index in [-0.39, 0.29) is 55.0 Å². The van der Waals surface area contributed by atoms with Crippen molar-refractivity contribution < 1.29 is 28.7 Å². The van der Waals surface area contributed by atoms with E-state index in [9.17, 15) is 24.0 Å². The predicted molar refractivity (Wildman–Crippen MR) is 161 cm³/mol. The fourth-order valence-electron chi connectivity index (χ4n) is 6.63. The van der Waals surface area contributed by atoms with E-state index >= 15 is 0 Å². The van der Waals surface area contributed by atoms with Gasteiger partial charge >= 0.3 is 0 Å². The Labute approximate surface area is 259 Å². The number of carbonyl (C=O) groups excluding carboxylic acids is 5. The van der Waals surface area contributed by atoms with E-state index in [0.29, 0.717) is 40.5 Å². The molecule has 5 rings (SSSR count). The standard InChI is InChI=1S/C30H37Cl2N5O6/c1-15(2)43-9-8-34-29(41)26(38)23(10-16-6-7-33-27(16)39)36-28(40)25-19-5-3-4-17(19)14-37(25)30(42)24-13-20-21(32)11-18(31)12-22(20)35-24/h11-13,15-17,19,23,25,35H,3-10,14H2,1-2H3,(H,33,39)(H,34,41)(H,36,40)/t16-,17-,19-,23-,25-/m0/s1. The van der Waals surface area contributed by atoms with Crippen LogP contribution in [0.1, 0.15) is 56.4 Å². The largest absolute Gasteiger partial charge is 0.377 e. The SMILES string of the molecule is CC(C)OCCNC(=O)C(=O)[C@H](C[C@@H]1CCNC1=O)NC(=O)[C@@H]1[C@H]2CCC[C@H]2CN1C(=O)c1cc2c(Cl)cc(Cl)cc2[nH]1. The summed E-state index contributed by atoms with van der Waals surface area (Å²) in [5.74, 6) is -3.24. The third-order valence-electron chi connectivity index (χ3n) is 8.68. The third-order valence-corrected chi connectivity index (χ3v) is 9.21. The molecule has 2 aromatic rings. The van der Waals surface area contributed by atoms with Gasteiger partial charge in [0.25, 0.3) is 11.8 Å². The number of H-pyrrole nitrogens is 1. The fraction of sp³-hybridized carbons (Fsp3) is 0.567. The molecule has 232 valence electrons. The van der Waals surface area contributed by atoms with E-state index in [0.717, 1.165) is 19.3 Å². The number of likely N-dealkylation sites (tertiary alicyclic amines) is 1. The summed E-state index contributed by atoms with van der Waals surface area (Å²) < 4.78 is 5.43. The second-order valence-electron chi connectivity index (χ2n) is 11.9. The molecule has 43 heavy (non-hydrogen) atoms. The molecule has 11 nitrogen and oxygen atoms in total. The van der Waals surface area contributed by atoms with Gasteiger partial charge in [0.15, 0.2) is 0 Å². The number of amides is 4. The summed E-state index contributed by atoms with van der Waals surface area (Å²) >= 11 is 12.5. The first kappa shape index (κ1) is 31.3. The molecule has 0 spiro atoms. The van der Waals surface area contributed by atoms with E-state index in [1.54, 1.807) is 23.1 Å². The Hall–Kier alpha value is -3.15. The number of Topliss-reactive ketones (excluding diaryl/α,β-unsaturated/α-hetero) is 1. The van der Waals surface area contributed by atoms with Gasteiger partial charge in [0.1, 0.15) is 11.7 Å². The summed E-state index contributed by atoms with van der Waals surface area (Å²) in [6.45, 7) is 4.94. The number of benzene rings is 1. The van der Waals surface area contributed by atoms with Crippen LogP contribution in [0.4, 0.5) is 0 Å². The van der Waals surface area contributed by atoms with Crippen molar-refractivity contribution in [3.05, 3.63) is 33.9 Å². The maximum Gasteiger partial charge on any atom is 0.289 e. The maximum absolute atomic E-state index is 14.0. The average Bonchev–Trinajstić information content (AvgIpc) is 3.74. The molecule has 5 atom stereocenters. The Morgan fingerprint density at radius 2 is 1.91 bits per heavy atom. The summed E-state index contributed by atoms with van der Waals surface area (Å²) in [7, 11) is 0. The molecular weight excluding hydrogens is 597 g/mol. The van der Waals surface area contributed by atoms with E-state index in [1.807, 2.05) is 13.8 Å².